The number of para-hydroxylation sites is 1. The lowest BCUT2D eigenvalue weighted by Crippen LogP contribution is -2.54. The summed E-state index contributed by atoms with van der Waals surface area (Å²) in [6.07, 6.45) is 1.59. The maximum absolute atomic E-state index is 13.2. The monoisotopic (exact) mass is 421 g/mol. The number of hydrogen-bond acceptors (Lipinski definition) is 3. The van der Waals surface area contributed by atoms with E-state index in [2.05, 4.69) is 5.32 Å². The van der Waals surface area contributed by atoms with Crippen molar-refractivity contribution in [2.75, 3.05) is 4.90 Å². The molecule has 1 saturated heterocycles. The lowest BCUT2D eigenvalue weighted by atomic mass is 10.1. The van der Waals surface area contributed by atoms with Crippen LogP contribution in [0.2, 0.25) is 5.02 Å². The second-order valence-corrected chi connectivity index (χ2v) is 7.33. The standard InChI is InChI=1S/C22H16ClN3O2S/c1-14-7-10-18(25(14)16-5-3-2-4-6-16)13-19-20(27)24-22(29)26(21(19)28)17-11-8-15(23)9-12-17/h2-13H,1H3,(H,24,27,29)/b19-13+. The molecule has 0 saturated carbocycles. The first-order chi connectivity index (χ1) is 14.0. The van der Waals surface area contributed by atoms with Crippen LogP contribution in [-0.2, 0) is 9.59 Å². The van der Waals surface area contributed by atoms with Crippen molar-refractivity contribution in [3.63, 3.8) is 0 Å². The number of halogens is 1. The molecule has 29 heavy (non-hydrogen) atoms. The molecule has 0 unspecified atom stereocenters. The molecule has 0 atom stereocenters. The first-order valence-corrected chi connectivity index (χ1v) is 9.65. The van der Waals surface area contributed by atoms with Crippen LogP contribution >= 0.6 is 23.8 Å². The van der Waals surface area contributed by atoms with Crippen molar-refractivity contribution in [1.82, 2.24) is 9.88 Å². The van der Waals surface area contributed by atoms with Crippen LogP contribution < -0.4 is 10.2 Å². The summed E-state index contributed by atoms with van der Waals surface area (Å²) in [5, 5.41) is 3.17. The van der Waals surface area contributed by atoms with Crippen LogP contribution in [0.3, 0.4) is 0 Å². The van der Waals surface area contributed by atoms with Crippen LogP contribution in [0.1, 0.15) is 11.4 Å². The Bertz CT molecular complexity index is 1150. The molecule has 2 heterocycles. The summed E-state index contributed by atoms with van der Waals surface area (Å²) in [5.41, 5.74) is 3.18. The third kappa shape index (κ3) is 3.60. The van der Waals surface area contributed by atoms with Crippen molar-refractivity contribution in [2.45, 2.75) is 6.92 Å². The number of benzene rings is 2. The highest BCUT2D eigenvalue weighted by atomic mass is 35.5. The van der Waals surface area contributed by atoms with Gasteiger partial charge in [-0.3, -0.25) is 19.8 Å². The van der Waals surface area contributed by atoms with Crippen molar-refractivity contribution in [3.05, 3.63) is 88.7 Å². The number of nitrogens with zero attached hydrogens (tertiary/aromatic N) is 2. The minimum Gasteiger partial charge on any atom is -0.314 e. The van der Waals surface area contributed by atoms with E-state index < -0.39 is 11.8 Å². The zero-order chi connectivity index (χ0) is 20.5. The van der Waals surface area contributed by atoms with Crippen LogP contribution in [0, 0.1) is 6.92 Å². The molecule has 1 fully saturated rings. The summed E-state index contributed by atoms with van der Waals surface area (Å²) >= 11 is 11.2. The zero-order valence-corrected chi connectivity index (χ0v) is 17.0. The number of carbonyl (C=O) groups is 2. The van der Waals surface area contributed by atoms with Gasteiger partial charge in [0.05, 0.1) is 5.69 Å². The Morgan fingerprint density at radius 3 is 2.31 bits per heavy atom. The third-order valence-corrected chi connectivity index (χ3v) is 5.14. The average molecular weight is 422 g/mol. The van der Waals surface area contributed by atoms with Crippen molar-refractivity contribution >= 4 is 52.5 Å². The van der Waals surface area contributed by atoms with Crippen molar-refractivity contribution < 1.29 is 9.59 Å². The number of rotatable bonds is 3. The predicted octanol–water partition coefficient (Wildman–Crippen LogP) is 4.27. The molecule has 3 aromatic rings. The number of aryl methyl sites for hydroxylation is 1. The van der Waals surface area contributed by atoms with E-state index in [1.54, 1.807) is 30.3 Å². The number of thiocarbonyl (C=S) groups is 1. The summed E-state index contributed by atoms with van der Waals surface area (Å²) in [6.45, 7) is 1.97. The molecule has 1 aromatic heterocycles. The van der Waals surface area contributed by atoms with Crippen molar-refractivity contribution in [2.24, 2.45) is 0 Å². The van der Waals surface area contributed by atoms with Crippen LogP contribution in [-0.4, -0.2) is 21.5 Å². The maximum Gasteiger partial charge on any atom is 0.270 e. The van der Waals surface area contributed by atoms with E-state index in [1.807, 2.05) is 54.0 Å². The topological polar surface area (TPSA) is 54.3 Å². The van der Waals surface area contributed by atoms with Gasteiger partial charge in [0, 0.05) is 22.1 Å². The largest absolute Gasteiger partial charge is 0.314 e. The molecule has 0 bridgehead atoms. The molecule has 4 rings (SSSR count). The number of aromatic nitrogens is 1. The molecular formula is C22H16ClN3O2S. The van der Waals surface area contributed by atoms with Gasteiger partial charge < -0.3 is 4.57 Å². The van der Waals surface area contributed by atoms with E-state index in [9.17, 15) is 9.59 Å². The summed E-state index contributed by atoms with van der Waals surface area (Å²) in [5.74, 6) is -1.01. The Morgan fingerprint density at radius 1 is 0.931 bits per heavy atom. The van der Waals surface area contributed by atoms with Gasteiger partial charge in [-0.15, -0.1) is 0 Å². The number of anilines is 1. The zero-order valence-electron chi connectivity index (χ0n) is 15.4. The van der Waals surface area contributed by atoms with Gasteiger partial charge in [-0.2, -0.15) is 0 Å². The van der Waals surface area contributed by atoms with Crippen molar-refractivity contribution in [1.29, 1.82) is 0 Å². The van der Waals surface area contributed by atoms with E-state index in [1.165, 1.54) is 4.90 Å². The Kier molecular flexibility index (Phi) is 5.05. The lowest BCUT2D eigenvalue weighted by Gasteiger charge is -2.29. The lowest BCUT2D eigenvalue weighted by molar-refractivity contribution is -0.122. The van der Waals surface area contributed by atoms with Crippen LogP contribution in [0.5, 0.6) is 0 Å². The van der Waals surface area contributed by atoms with E-state index in [4.69, 9.17) is 23.8 Å². The van der Waals surface area contributed by atoms with Gasteiger partial charge in [-0.1, -0.05) is 29.8 Å². The SMILES string of the molecule is Cc1ccc(/C=C2\C(=O)NC(=S)N(c3ccc(Cl)cc3)C2=O)n1-c1ccccc1. The predicted molar refractivity (Wildman–Crippen MR) is 118 cm³/mol. The van der Waals surface area contributed by atoms with Crippen LogP contribution in [0.4, 0.5) is 5.69 Å². The molecule has 7 heteroatoms. The number of hydrogen-bond donors (Lipinski definition) is 1. The van der Waals surface area contributed by atoms with Gasteiger partial charge in [-0.05, 0) is 73.7 Å². The summed E-state index contributed by atoms with van der Waals surface area (Å²) in [4.78, 5) is 27.0. The Balaban J connectivity index is 1.78. The first kappa shape index (κ1) is 19.1. The fourth-order valence-electron chi connectivity index (χ4n) is 3.23. The minimum atomic E-state index is -0.524. The normalized spacial score (nSPS) is 15.7. The summed E-state index contributed by atoms with van der Waals surface area (Å²) in [7, 11) is 0. The quantitative estimate of drug-likeness (QED) is 0.390. The van der Waals surface area contributed by atoms with E-state index >= 15 is 0 Å². The molecule has 0 radical (unpaired) electrons. The summed E-state index contributed by atoms with van der Waals surface area (Å²) < 4.78 is 1.98. The number of nitrogens with one attached hydrogen (secondary N) is 1. The Labute approximate surface area is 178 Å². The second kappa shape index (κ2) is 7.66. The van der Waals surface area contributed by atoms with Crippen LogP contribution in [0.25, 0.3) is 11.8 Å². The molecule has 2 aromatic carbocycles. The van der Waals surface area contributed by atoms with Gasteiger partial charge >= 0.3 is 0 Å². The fourth-order valence-corrected chi connectivity index (χ4v) is 3.64. The second-order valence-electron chi connectivity index (χ2n) is 6.50. The Morgan fingerprint density at radius 2 is 1.62 bits per heavy atom. The highest BCUT2D eigenvalue weighted by Gasteiger charge is 2.34. The highest BCUT2D eigenvalue weighted by Crippen LogP contribution is 2.25. The third-order valence-electron chi connectivity index (χ3n) is 4.60. The molecular weight excluding hydrogens is 406 g/mol. The van der Waals surface area contributed by atoms with Crippen LogP contribution in [0.15, 0.2) is 72.3 Å². The fraction of sp³-hybridized carbons (Fsp3) is 0.0455. The van der Waals surface area contributed by atoms with E-state index in [0.717, 1.165) is 17.1 Å². The van der Waals surface area contributed by atoms with Gasteiger partial charge in [0.25, 0.3) is 11.8 Å². The average Bonchev–Trinajstić information content (AvgIpc) is 3.07. The van der Waals surface area contributed by atoms with E-state index in [-0.39, 0.29) is 10.7 Å². The molecule has 2 amide bonds. The van der Waals surface area contributed by atoms with Gasteiger partial charge in [0.2, 0.25) is 0 Å². The number of amides is 2. The highest BCUT2D eigenvalue weighted by molar-refractivity contribution is 7.80. The van der Waals surface area contributed by atoms with Gasteiger partial charge in [0.15, 0.2) is 5.11 Å². The van der Waals surface area contributed by atoms with E-state index in [0.29, 0.717) is 10.7 Å². The number of carbonyl (C=O) groups excluding carboxylic acids is 2. The van der Waals surface area contributed by atoms with Crippen molar-refractivity contribution in [3.8, 4) is 5.69 Å². The maximum atomic E-state index is 13.2. The first-order valence-electron chi connectivity index (χ1n) is 8.86. The molecule has 5 nitrogen and oxygen atoms in total. The van der Waals surface area contributed by atoms with Gasteiger partial charge in [-0.25, -0.2) is 0 Å². The minimum absolute atomic E-state index is 0.00355. The molecule has 144 valence electrons. The molecule has 0 aliphatic carbocycles. The van der Waals surface area contributed by atoms with Gasteiger partial charge in [0.1, 0.15) is 5.57 Å². The smallest absolute Gasteiger partial charge is 0.270 e. The Hall–Kier alpha value is -3.22. The molecule has 0 spiro atoms. The molecule has 1 N–H and O–H groups in total. The molecule has 1 aliphatic rings. The molecule has 1 aliphatic heterocycles. The summed E-state index contributed by atoms with van der Waals surface area (Å²) in [6, 6.07) is 20.2.